The first-order valence-corrected chi connectivity index (χ1v) is 12.0. The van der Waals surface area contributed by atoms with Gasteiger partial charge >= 0.3 is 12.2 Å². The Kier molecular flexibility index (Phi) is 6.99. The number of halogens is 4. The van der Waals surface area contributed by atoms with Crippen molar-refractivity contribution in [3.05, 3.63) is 53.3 Å². The van der Waals surface area contributed by atoms with Crippen molar-refractivity contribution in [2.24, 2.45) is 0 Å². The minimum Gasteiger partial charge on any atom is -0.488 e. The van der Waals surface area contributed by atoms with E-state index >= 15 is 0 Å². The number of pyridine rings is 1. The number of carbonyl (C=O) groups excluding carboxylic acids is 1. The SMILES string of the molecule is O=C(Nc1ncc(OC[C@@H](O)CO)cn1)N1c2nc(-c3cccc(C(F)(F)F)c3)c(Cl)cc2N2CC[C@H]1C2. The quantitative estimate of drug-likeness (QED) is 0.425. The van der Waals surface area contributed by atoms with E-state index in [9.17, 15) is 23.1 Å². The molecule has 2 amide bonds. The van der Waals surface area contributed by atoms with Crippen LogP contribution in [0.1, 0.15) is 12.0 Å². The summed E-state index contributed by atoms with van der Waals surface area (Å²) in [7, 11) is 0. The maximum Gasteiger partial charge on any atom is 0.416 e. The minimum atomic E-state index is -4.54. The van der Waals surface area contributed by atoms with Gasteiger partial charge in [-0.15, -0.1) is 0 Å². The van der Waals surface area contributed by atoms with Crippen molar-refractivity contribution < 1.29 is 32.9 Å². The molecule has 0 spiro atoms. The van der Waals surface area contributed by atoms with E-state index in [1.807, 2.05) is 4.90 Å². The van der Waals surface area contributed by atoms with E-state index in [1.165, 1.54) is 29.4 Å². The Morgan fingerprint density at radius 2 is 2.03 bits per heavy atom. The molecule has 3 aromatic rings. The lowest BCUT2D eigenvalue weighted by molar-refractivity contribution is -0.137. The Morgan fingerprint density at radius 3 is 2.74 bits per heavy atom. The molecule has 5 rings (SSSR count). The van der Waals surface area contributed by atoms with Crippen LogP contribution in [0.2, 0.25) is 5.02 Å². The van der Waals surface area contributed by atoms with E-state index in [0.29, 0.717) is 25.2 Å². The first-order chi connectivity index (χ1) is 18.1. The van der Waals surface area contributed by atoms with Crippen LogP contribution in [0.4, 0.5) is 35.4 Å². The van der Waals surface area contributed by atoms with E-state index in [1.54, 1.807) is 6.07 Å². The van der Waals surface area contributed by atoms with Gasteiger partial charge in [0.1, 0.15) is 12.7 Å². The number of fused-ring (bicyclic) bond motifs is 4. The number of hydrogen-bond donors (Lipinski definition) is 3. The second-order valence-electron chi connectivity index (χ2n) is 8.82. The van der Waals surface area contributed by atoms with E-state index in [4.69, 9.17) is 21.4 Å². The molecule has 1 aromatic carbocycles. The Balaban J connectivity index is 1.43. The molecule has 14 heteroatoms. The van der Waals surface area contributed by atoms with Crippen LogP contribution < -0.4 is 19.9 Å². The molecule has 1 fully saturated rings. The number of hydrogen-bond acceptors (Lipinski definition) is 8. The number of amides is 2. The topological polar surface area (TPSA) is 124 Å². The minimum absolute atomic E-state index is 0.0147. The zero-order chi connectivity index (χ0) is 27.0. The number of aromatic nitrogens is 3. The zero-order valence-electron chi connectivity index (χ0n) is 19.7. The van der Waals surface area contributed by atoms with Crippen molar-refractivity contribution in [2.75, 3.05) is 41.4 Å². The third-order valence-corrected chi connectivity index (χ3v) is 6.50. The average Bonchev–Trinajstić information content (AvgIpc) is 3.32. The van der Waals surface area contributed by atoms with Crippen molar-refractivity contribution in [2.45, 2.75) is 24.7 Å². The second-order valence-corrected chi connectivity index (χ2v) is 9.23. The van der Waals surface area contributed by atoms with E-state index in [2.05, 4.69) is 20.3 Å². The summed E-state index contributed by atoms with van der Waals surface area (Å²) < 4.78 is 45.2. The van der Waals surface area contributed by atoms with Gasteiger partial charge in [0, 0.05) is 18.7 Å². The number of anilines is 3. The number of alkyl halides is 3. The standard InChI is InChI=1S/C24H22ClF3N6O4/c25-18-7-19-21(31-20(18)13-2-1-3-14(6-13)24(26,27)28)34(15-4-5-33(19)10-15)23(37)32-22-29-8-17(9-30-22)38-12-16(36)11-35/h1-3,6-9,15-16,35-36H,4-5,10-12H2,(H,29,30,32,37)/t15-,16-/m0/s1. The molecule has 10 nitrogen and oxygen atoms in total. The van der Waals surface area contributed by atoms with Crippen molar-refractivity contribution in [1.82, 2.24) is 15.0 Å². The van der Waals surface area contributed by atoms with Gasteiger partial charge in [-0.2, -0.15) is 13.2 Å². The van der Waals surface area contributed by atoms with Gasteiger partial charge in [-0.3, -0.25) is 10.2 Å². The fraction of sp³-hybridized carbons (Fsp3) is 0.333. The summed E-state index contributed by atoms with van der Waals surface area (Å²) in [5.41, 5.74) is 0.0620. The lowest BCUT2D eigenvalue weighted by atomic mass is 10.1. The van der Waals surface area contributed by atoms with Gasteiger partial charge in [0.15, 0.2) is 11.6 Å². The smallest absolute Gasteiger partial charge is 0.416 e. The second kappa shape index (κ2) is 10.2. The fourth-order valence-electron chi connectivity index (χ4n) is 4.39. The number of nitrogens with zero attached hydrogens (tertiary/aromatic N) is 5. The molecular weight excluding hydrogens is 529 g/mol. The van der Waals surface area contributed by atoms with Crippen LogP contribution in [0.25, 0.3) is 11.3 Å². The van der Waals surface area contributed by atoms with E-state index in [-0.39, 0.29) is 46.4 Å². The van der Waals surface area contributed by atoms with Crippen molar-refractivity contribution in [3.63, 3.8) is 0 Å². The number of aliphatic hydroxyl groups is 2. The zero-order valence-corrected chi connectivity index (χ0v) is 20.4. The van der Waals surface area contributed by atoms with Gasteiger partial charge in [0.05, 0.1) is 47.0 Å². The number of aliphatic hydroxyl groups excluding tert-OH is 2. The third-order valence-electron chi connectivity index (χ3n) is 6.22. The first-order valence-electron chi connectivity index (χ1n) is 11.6. The van der Waals surface area contributed by atoms with Gasteiger partial charge in [-0.25, -0.2) is 19.7 Å². The molecule has 0 saturated carbocycles. The van der Waals surface area contributed by atoms with Gasteiger partial charge in [0.25, 0.3) is 0 Å². The summed E-state index contributed by atoms with van der Waals surface area (Å²) in [4.78, 5) is 29.5. The van der Waals surface area contributed by atoms with Gasteiger partial charge < -0.3 is 19.8 Å². The predicted octanol–water partition coefficient (Wildman–Crippen LogP) is 3.57. The lowest BCUT2D eigenvalue weighted by Crippen LogP contribution is -2.48. The molecule has 200 valence electrons. The average molecular weight is 551 g/mol. The summed E-state index contributed by atoms with van der Waals surface area (Å²) in [5.74, 6) is 0.484. The Morgan fingerprint density at radius 1 is 1.26 bits per heavy atom. The number of carbonyl (C=O) groups is 1. The highest BCUT2D eigenvalue weighted by Crippen LogP contribution is 2.43. The predicted molar refractivity (Wildman–Crippen MR) is 132 cm³/mol. The molecule has 2 bridgehead atoms. The van der Waals surface area contributed by atoms with Crippen LogP contribution in [0, 0.1) is 0 Å². The lowest BCUT2D eigenvalue weighted by Gasteiger charge is -2.36. The Hall–Kier alpha value is -3.68. The number of benzene rings is 1. The monoisotopic (exact) mass is 550 g/mol. The molecule has 38 heavy (non-hydrogen) atoms. The Bertz CT molecular complexity index is 1340. The van der Waals surface area contributed by atoms with Gasteiger partial charge in [-0.05, 0) is 24.6 Å². The van der Waals surface area contributed by atoms with Crippen LogP contribution >= 0.6 is 11.6 Å². The number of rotatable bonds is 6. The molecule has 0 aliphatic carbocycles. The normalized spacial score (nSPS) is 17.3. The molecule has 0 radical (unpaired) electrons. The molecular formula is C24H22ClF3N6O4. The highest BCUT2D eigenvalue weighted by Gasteiger charge is 2.41. The Labute approximate surface area is 219 Å². The maximum absolute atomic E-state index is 13.4. The van der Waals surface area contributed by atoms with Crippen molar-refractivity contribution in [3.8, 4) is 17.0 Å². The largest absolute Gasteiger partial charge is 0.488 e. The van der Waals surface area contributed by atoms with Gasteiger partial charge in [0.2, 0.25) is 5.95 Å². The molecule has 4 heterocycles. The van der Waals surface area contributed by atoms with Crippen LogP contribution in [0.15, 0.2) is 42.7 Å². The number of nitrogens with one attached hydrogen (secondary N) is 1. The number of urea groups is 1. The number of ether oxygens (including phenoxy) is 1. The molecule has 2 aliphatic rings. The summed E-state index contributed by atoms with van der Waals surface area (Å²) >= 11 is 6.47. The summed E-state index contributed by atoms with van der Waals surface area (Å²) in [6.45, 7) is 0.586. The van der Waals surface area contributed by atoms with E-state index in [0.717, 1.165) is 12.1 Å². The summed E-state index contributed by atoms with van der Waals surface area (Å²) in [5, 5.41) is 21.0. The van der Waals surface area contributed by atoms with Crippen LogP contribution in [-0.2, 0) is 6.18 Å². The van der Waals surface area contributed by atoms with Crippen LogP contribution in [0.3, 0.4) is 0 Å². The van der Waals surface area contributed by atoms with Crippen molar-refractivity contribution in [1.29, 1.82) is 0 Å². The summed E-state index contributed by atoms with van der Waals surface area (Å²) in [6, 6.07) is 5.52. The molecule has 0 unspecified atom stereocenters. The maximum atomic E-state index is 13.4. The van der Waals surface area contributed by atoms with Crippen molar-refractivity contribution >= 4 is 35.1 Å². The van der Waals surface area contributed by atoms with Gasteiger partial charge in [-0.1, -0.05) is 23.7 Å². The molecule has 1 saturated heterocycles. The molecule has 2 aliphatic heterocycles. The highest BCUT2D eigenvalue weighted by atomic mass is 35.5. The molecule has 3 N–H and O–H groups in total. The van der Waals surface area contributed by atoms with Crippen LogP contribution in [0.5, 0.6) is 5.75 Å². The van der Waals surface area contributed by atoms with Crippen LogP contribution in [-0.4, -0.2) is 69.6 Å². The fourth-order valence-corrected chi connectivity index (χ4v) is 4.64. The summed E-state index contributed by atoms with van der Waals surface area (Å²) in [6.07, 6.45) is -2.33. The molecule has 2 aromatic heterocycles. The highest BCUT2D eigenvalue weighted by molar-refractivity contribution is 6.33. The molecule has 2 atom stereocenters. The third kappa shape index (κ3) is 5.17. The van der Waals surface area contributed by atoms with E-state index < -0.39 is 30.5 Å². The first kappa shape index (κ1) is 25.9.